The van der Waals surface area contributed by atoms with Gasteiger partial charge in [0.25, 0.3) is 0 Å². The van der Waals surface area contributed by atoms with E-state index in [1.54, 1.807) is 13.8 Å². The minimum absolute atomic E-state index is 0.166. The van der Waals surface area contributed by atoms with Crippen molar-refractivity contribution < 1.29 is 39.3 Å². The third kappa shape index (κ3) is 9.11. The standard InChI is InChI=1S/C16H28N4O8S/c1-3-7(2)12(15(26)18-9(5-21)16(27)28)20-14(25)10(6-29)19-13(24)8(17)4-11(22)23/h7-10,12,21,29H,3-6,17H2,1-2H3,(H,18,26)(H,19,24)(H,20,25)(H,22,23)(H,27,28). The van der Waals surface area contributed by atoms with Crippen LogP contribution in [0.2, 0.25) is 0 Å². The van der Waals surface area contributed by atoms with E-state index in [0.29, 0.717) is 6.42 Å². The molecule has 29 heavy (non-hydrogen) atoms. The van der Waals surface area contributed by atoms with Gasteiger partial charge in [0.1, 0.15) is 18.1 Å². The van der Waals surface area contributed by atoms with Crippen LogP contribution in [0.5, 0.6) is 0 Å². The lowest BCUT2D eigenvalue weighted by atomic mass is 9.97. The molecule has 0 bridgehead atoms. The van der Waals surface area contributed by atoms with Crippen molar-refractivity contribution in [1.82, 2.24) is 16.0 Å². The zero-order chi connectivity index (χ0) is 22.7. The van der Waals surface area contributed by atoms with Gasteiger partial charge in [-0.3, -0.25) is 19.2 Å². The van der Waals surface area contributed by atoms with Crippen molar-refractivity contribution in [3.05, 3.63) is 0 Å². The predicted octanol–water partition coefficient (Wildman–Crippen LogP) is -2.70. The quantitative estimate of drug-likeness (QED) is 0.141. The van der Waals surface area contributed by atoms with Crippen molar-refractivity contribution in [2.45, 2.75) is 50.9 Å². The van der Waals surface area contributed by atoms with Gasteiger partial charge in [-0.25, -0.2) is 4.79 Å². The fraction of sp³-hybridized carbons (Fsp3) is 0.688. The Morgan fingerprint density at radius 3 is 1.93 bits per heavy atom. The lowest BCUT2D eigenvalue weighted by Gasteiger charge is -2.27. The van der Waals surface area contributed by atoms with E-state index < -0.39 is 72.8 Å². The maximum Gasteiger partial charge on any atom is 0.328 e. The average molecular weight is 436 g/mol. The van der Waals surface area contributed by atoms with Gasteiger partial charge < -0.3 is 37.0 Å². The zero-order valence-electron chi connectivity index (χ0n) is 16.1. The van der Waals surface area contributed by atoms with Crippen LogP contribution < -0.4 is 21.7 Å². The highest BCUT2D eigenvalue weighted by atomic mass is 32.1. The number of hydrogen-bond acceptors (Lipinski definition) is 8. The highest BCUT2D eigenvalue weighted by Gasteiger charge is 2.32. The third-order valence-electron chi connectivity index (χ3n) is 4.14. The molecule has 13 heteroatoms. The van der Waals surface area contributed by atoms with E-state index in [0.717, 1.165) is 0 Å². The number of nitrogens with two attached hydrogens (primary N) is 1. The molecule has 8 N–H and O–H groups in total. The molecule has 166 valence electrons. The Bertz CT molecular complexity index is 618. The Hall–Kier alpha value is -2.38. The predicted molar refractivity (Wildman–Crippen MR) is 104 cm³/mol. The molecule has 5 atom stereocenters. The molecule has 0 aliphatic carbocycles. The number of carbonyl (C=O) groups is 5. The van der Waals surface area contributed by atoms with E-state index in [1.165, 1.54) is 0 Å². The van der Waals surface area contributed by atoms with Crippen molar-refractivity contribution in [2.24, 2.45) is 11.7 Å². The monoisotopic (exact) mass is 436 g/mol. The lowest BCUT2D eigenvalue weighted by molar-refractivity contribution is -0.143. The van der Waals surface area contributed by atoms with E-state index >= 15 is 0 Å². The second kappa shape index (κ2) is 13.0. The van der Waals surface area contributed by atoms with Crippen molar-refractivity contribution in [2.75, 3.05) is 12.4 Å². The number of nitrogens with one attached hydrogen (secondary N) is 3. The number of aliphatic carboxylic acids is 2. The summed E-state index contributed by atoms with van der Waals surface area (Å²) in [7, 11) is 0. The van der Waals surface area contributed by atoms with E-state index in [9.17, 15) is 24.0 Å². The maximum absolute atomic E-state index is 12.5. The molecule has 0 aromatic carbocycles. The average Bonchev–Trinajstić information content (AvgIpc) is 2.66. The Labute approximate surface area is 173 Å². The molecule has 0 saturated carbocycles. The molecular formula is C16H28N4O8S. The first kappa shape index (κ1) is 26.6. The lowest BCUT2D eigenvalue weighted by Crippen LogP contribution is -2.59. The van der Waals surface area contributed by atoms with Crippen LogP contribution >= 0.6 is 12.6 Å². The Morgan fingerprint density at radius 1 is 0.966 bits per heavy atom. The number of rotatable bonds is 13. The van der Waals surface area contributed by atoms with E-state index in [4.69, 9.17) is 21.1 Å². The van der Waals surface area contributed by atoms with Crippen LogP contribution in [0.4, 0.5) is 0 Å². The van der Waals surface area contributed by atoms with Crippen molar-refractivity contribution in [3.8, 4) is 0 Å². The topological polar surface area (TPSA) is 208 Å². The van der Waals surface area contributed by atoms with Gasteiger partial charge in [0.05, 0.1) is 19.1 Å². The molecule has 0 radical (unpaired) electrons. The first-order valence-electron chi connectivity index (χ1n) is 8.81. The van der Waals surface area contributed by atoms with E-state index in [2.05, 4.69) is 28.6 Å². The van der Waals surface area contributed by atoms with Crippen LogP contribution in [0, 0.1) is 5.92 Å². The van der Waals surface area contributed by atoms with Gasteiger partial charge in [0.15, 0.2) is 0 Å². The van der Waals surface area contributed by atoms with Gasteiger partial charge in [-0.1, -0.05) is 20.3 Å². The molecule has 0 aromatic heterocycles. The van der Waals surface area contributed by atoms with Gasteiger partial charge >= 0.3 is 11.9 Å². The van der Waals surface area contributed by atoms with Crippen LogP contribution in [-0.2, 0) is 24.0 Å². The van der Waals surface area contributed by atoms with E-state index in [-0.39, 0.29) is 5.75 Å². The molecule has 12 nitrogen and oxygen atoms in total. The number of carbonyl (C=O) groups excluding carboxylic acids is 3. The number of thiol groups is 1. The van der Waals surface area contributed by atoms with Crippen LogP contribution in [0.15, 0.2) is 0 Å². The van der Waals surface area contributed by atoms with Gasteiger partial charge in [0.2, 0.25) is 17.7 Å². The molecule has 0 aromatic rings. The summed E-state index contributed by atoms with van der Waals surface area (Å²) in [5.74, 6) is -5.78. The van der Waals surface area contributed by atoms with Gasteiger partial charge in [-0.05, 0) is 5.92 Å². The SMILES string of the molecule is CCC(C)C(NC(=O)C(CS)NC(=O)C(N)CC(=O)O)C(=O)NC(CO)C(=O)O. The molecule has 0 fully saturated rings. The van der Waals surface area contributed by atoms with Gasteiger partial charge in [-0.2, -0.15) is 12.6 Å². The largest absolute Gasteiger partial charge is 0.481 e. The number of hydrogen-bond donors (Lipinski definition) is 8. The fourth-order valence-corrected chi connectivity index (χ4v) is 2.41. The number of amides is 3. The van der Waals surface area contributed by atoms with Crippen molar-refractivity contribution in [1.29, 1.82) is 0 Å². The first-order chi connectivity index (χ1) is 13.5. The molecular weight excluding hydrogens is 408 g/mol. The zero-order valence-corrected chi connectivity index (χ0v) is 17.0. The van der Waals surface area contributed by atoms with Crippen LogP contribution in [0.25, 0.3) is 0 Å². The molecule has 0 rings (SSSR count). The molecule has 0 saturated heterocycles. The summed E-state index contributed by atoms with van der Waals surface area (Å²) in [5.41, 5.74) is 5.45. The normalized spacial score (nSPS) is 15.9. The Kier molecular flexibility index (Phi) is 11.9. The molecule has 0 heterocycles. The minimum Gasteiger partial charge on any atom is -0.481 e. The molecule has 5 unspecified atom stereocenters. The summed E-state index contributed by atoms with van der Waals surface area (Å²) >= 11 is 3.97. The molecule has 0 spiro atoms. The maximum atomic E-state index is 12.5. The first-order valence-corrected chi connectivity index (χ1v) is 9.44. The third-order valence-corrected chi connectivity index (χ3v) is 4.50. The van der Waals surface area contributed by atoms with Crippen LogP contribution in [-0.4, -0.2) is 81.5 Å². The summed E-state index contributed by atoms with van der Waals surface area (Å²) in [6.45, 7) is 2.57. The summed E-state index contributed by atoms with van der Waals surface area (Å²) in [6.07, 6.45) is -0.182. The van der Waals surface area contributed by atoms with Gasteiger partial charge in [-0.15, -0.1) is 0 Å². The van der Waals surface area contributed by atoms with Gasteiger partial charge in [0, 0.05) is 5.75 Å². The highest BCUT2D eigenvalue weighted by Crippen LogP contribution is 2.09. The van der Waals surface area contributed by atoms with E-state index in [1.807, 2.05) is 0 Å². The summed E-state index contributed by atoms with van der Waals surface area (Å²) < 4.78 is 0. The van der Waals surface area contributed by atoms with Crippen LogP contribution in [0.1, 0.15) is 26.7 Å². The smallest absolute Gasteiger partial charge is 0.328 e. The van der Waals surface area contributed by atoms with Crippen LogP contribution in [0.3, 0.4) is 0 Å². The Morgan fingerprint density at radius 2 is 1.52 bits per heavy atom. The number of carboxylic acids is 2. The number of carboxylic acid groups (broad SMARTS) is 2. The second-order valence-corrected chi connectivity index (χ2v) is 6.77. The minimum atomic E-state index is -1.54. The summed E-state index contributed by atoms with van der Waals surface area (Å²) in [6, 6.07) is -5.27. The molecule has 0 aliphatic heterocycles. The molecule has 3 amide bonds. The van der Waals surface area contributed by atoms with Crippen molar-refractivity contribution >= 4 is 42.3 Å². The van der Waals surface area contributed by atoms with Crippen molar-refractivity contribution in [3.63, 3.8) is 0 Å². The summed E-state index contributed by atoms with van der Waals surface area (Å²) in [5, 5.41) is 33.5. The number of aliphatic hydroxyl groups is 1. The highest BCUT2D eigenvalue weighted by molar-refractivity contribution is 7.80. The molecule has 0 aliphatic rings. The second-order valence-electron chi connectivity index (χ2n) is 6.40. The summed E-state index contributed by atoms with van der Waals surface area (Å²) in [4.78, 5) is 58.5. The Balaban J connectivity index is 5.23. The number of aliphatic hydroxyl groups excluding tert-OH is 1. The fourth-order valence-electron chi connectivity index (χ4n) is 2.16.